The zero-order valence-corrected chi connectivity index (χ0v) is 14.2. The number of carbonyl (C=O) groups excluding carboxylic acids is 1. The first-order chi connectivity index (χ1) is 9.88. The van der Waals surface area contributed by atoms with Crippen molar-refractivity contribution in [2.45, 2.75) is 27.2 Å². The molecule has 0 heterocycles. The average molecular weight is 346 g/mol. The molecule has 2 rings (SSSR count). The normalized spacial score (nSPS) is 10.9. The molecule has 2 aromatic rings. The number of hydrogen-bond donors (Lipinski definition) is 1. The molecule has 0 aliphatic heterocycles. The minimum Gasteiger partial charge on any atom is -0.398 e. The molecule has 21 heavy (non-hydrogen) atoms. The summed E-state index contributed by atoms with van der Waals surface area (Å²) in [6.45, 7) is 6.25. The van der Waals surface area contributed by atoms with E-state index >= 15 is 0 Å². The zero-order valence-electron chi connectivity index (χ0n) is 12.6. The van der Waals surface area contributed by atoms with Crippen LogP contribution in [-0.2, 0) is 6.42 Å². The second-order valence-corrected chi connectivity index (χ2v) is 6.71. The Hall–Kier alpha value is -1.61. The quantitative estimate of drug-likeness (QED) is 0.640. The molecule has 0 fully saturated rings. The van der Waals surface area contributed by atoms with Crippen molar-refractivity contribution in [3.8, 4) is 0 Å². The topological polar surface area (TPSA) is 43.1 Å². The van der Waals surface area contributed by atoms with Gasteiger partial charge < -0.3 is 5.73 Å². The van der Waals surface area contributed by atoms with Crippen LogP contribution in [0, 0.1) is 12.8 Å². The Balaban J connectivity index is 2.32. The summed E-state index contributed by atoms with van der Waals surface area (Å²) in [5.41, 5.74) is 10.00. The van der Waals surface area contributed by atoms with Crippen molar-refractivity contribution in [3.63, 3.8) is 0 Å². The monoisotopic (exact) mass is 345 g/mol. The van der Waals surface area contributed by atoms with Crippen molar-refractivity contribution in [2.24, 2.45) is 5.92 Å². The van der Waals surface area contributed by atoms with Gasteiger partial charge in [0.1, 0.15) is 0 Å². The second-order valence-electron chi connectivity index (χ2n) is 5.79. The molecule has 0 radical (unpaired) electrons. The van der Waals surface area contributed by atoms with Crippen molar-refractivity contribution in [3.05, 3.63) is 63.1 Å². The summed E-state index contributed by atoms with van der Waals surface area (Å²) >= 11 is 3.39. The highest BCUT2D eigenvalue weighted by molar-refractivity contribution is 9.10. The van der Waals surface area contributed by atoms with E-state index in [1.165, 1.54) is 5.56 Å². The summed E-state index contributed by atoms with van der Waals surface area (Å²) in [5.74, 6) is 0.621. The number of rotatable bonds is 4. The van der Waals surface area contributed by atoms with Gasteiger partial charge in [-0.15, -0.1) is 0 Å². The van der Waals surface area contributed by atoms with Crippen LogP contribution in [0.4, 0.5) is 5.69 Å². The molecule has 0 aromatic heterocycles. The maximum Gasteiger partial charge on any atom is 0.193 e. The van der Waals surface area contributed by atoms with E-state index in [4.69, 9.17) is 5.73 Å². The molecular formula is C18H20BrNO. The molecule has 0 saturated carbocycles. The van der Waals surface area contributed by atoms with Gasteiger partial charge in [0.2, 0.25) is 0 Å². The van der Waals surface area contributed by atoms with E-state index in [-0.39, 0.29) is 5.78 Å². The van der Waals surface area contributed by atoms with Crippen LogP contribution in [0.2, 0.25) is 0 Å². The number of carbonyl (C=O) groups is 1. The summed E-state index contributed by atoms with van der Waals surface area (Å²) in [5, 5.41) is 0. The van der Waals surface area contributed by atoms with E-state index in [9.17, 15) is 4.79 Å². The number of halogens is 1. The lowest BCUT2D eigenvalue weighted by atomic mass is 9.96. The summed E-state index contributed by atoms with van der Waals surface area (Å²) in [4.78, 5) is 12.6. The lowest BCUT2D eigenvalue weighted by molar-refractivity contribution is 0.103. The summed E-state index contributed by atoms with van der Waals surface area (Å²) in [7, 11) is 0. The van der Waals surface area contributed by atoms with E-state index in [2.05, 4.69) is 29.8 Å². The molecule has 2 aromatic carbocycles. The van der Waals surface area contributed by atoms with Gasteiger partial charge in [-0.2, -0.15) is 0 Å². The minimum atomic E-state index is 0.0107. The van der Waals surface area contributed by atoms with Gasteiger partial charge in [-0.3, -0.25) is 4.79 Å². The molecular weight excluding hydrogens is 326 g/mol. The van der Waals surface area contributed by atoms with Crippen LogP contribution >= 0.6 is 15.9 Å². The molecule has 0 atom stereocenters. The molecule has 0 aliphatic carbocycles. The maximum absolute atomic E-state index is 12.6. The Morgan fingerprint density at radius 2 is 1.81 bits per heavy atom. The highest BCUT2D eigenvalue weighted by Crippen LogP contribution is 2.25. The van der Waals surface area contributed by atoms with Gasteiger partial charge in [-0.05, 0) is 42.5 Å². The predicted molar refractivity (Wildman–Crippen MR) is 91.7 cm³/mol. The number of anilines is 1. The Kier molecular flexibility index (Phi) is 4.84. The van der Waals surface area contributed by atoms with Crippen LogP contribution in [0.1, 0.15) is 40.9 Å². The first kappa shape index (κ1) is 15.8. The molecule has 3 heteroatoms. The molecule has 110 valence electrons. The lowest BCUT2D eigenvalue weighted by Gasteiger charge is -2.10. The van der Waals surface area contributed by atoms with Gasteiger partial charge in [0.05, 0.1) is 0 Å². The van der Waals surface area contributed by atoms with Crippen molar-refractivity contribution >= 4 is 27.4 Å². The van der Waals surface area contributed by atoms with Gasteiger partial charge in [0.15, 0.2) is 5.78 Å². The smallest absolute Gasteiger partial charge is 0.193 e. The van der Waals surface area contributed by atoms with E-state index in [1.54, 1.807) is 0 Å². The number of hydrogen-bond acceptors (Lipinski definition) is 2. The van der Waals surface area contributed by atoms with Crippen LogP contribution in [-0.4, -0.2) is 5.78 Å². The molecule has 0 spiro atoms. The van der Waals surface area contributed by atoms with Crippen LogP contribution < -0.4 is 5.73 Å². The van der Waals surface area contributed by atoms with Crippen molar-refractivity contribution in [2.75, 3.05) is 5.73 Å². The number of ketones is 1. The van der Waals surface area contributed by atoms with Gasteiger partial charge >= 0.3 is 0 Å². The maximum atomic E-state index is 12.6. The highest BCUT2D eigenvalue weighted by atomic mass is 79.9. The fourth-order valence-electron chi connectivity index (χ4n) is 2.36. The van der Waals surface area contributed by atoms with Gasteiger partial charge in [-0.25, -0.2) is 0 Å². The zero-order chi connectivity index (χ0) is 15.6. The number of nitrogens with two attached hydrogens (primary N) is 1. The number of benzene rings is 2. The summed E-state index contributed by atoms with van der Waals surface area (Å²) in [6.07, 6.45) is 1.03. The third-order valence-electron chi connectivity index (χ3n) is 3.52. The molecule has 2 nitrogen and oxygen atoms in total. The second kappa shape index (κ2) is 6.44. The first-order valence-corrected chi connectivity index (χ1v) is 7.87. The average Bonchev–Trinajstić information content (AvgIpc) is 2.42. The van der Waals surface area contributed by atoms with Gasteiger partial charge in [0, 0.05) is 21.3 Å². The molecule has 0 bridgehead atoms. The van der Waals surface area contributed by atoms with Crippen molar-refractivity contribution in [1.82, 2.24) is 0 Å². The third-order valence-corrected chi connectivity index (χ3v) is 3.98. The Morgan fingerprint density at radius 3 is 2.38 bits per heavy atom. The molecule has 0 aliphatic rings. The van der Waals surface area contributed by atoms with E-state index in [0.717, 1.165) is 16.5 Å². The predicted octanol–water partition coefficient (Wildman–Crippen LogP) is 4.77. The van der Waals surface area contributed by atoms with Crippen LogP contribution in [0.25, 0.3) is 0 Å². The Labute approximate surface area is 134 Å². The molecule has 0 amide bonds. The third kappa shape index (κ3) is 3.73. The van der Waals surface area contributed by atoms with E-state index in [0.29, 0.717) is 22.7 Å². The van der Waals surface area contributed by atoms with Gasteiger partial charge in [0.25, 0.3) is 0 Å². The fraction of sp³-hybridized carbons (Fsp3) is 0.278. The largest absolute Gasteiger partial charge is 0.398 e. The Morgan fingerprint density at radius 1 is 1.19 bits per heavy atom. The van der Waals surface area contributed by atoms with Gasteiger partial charge in [-0.1, -0.05) is 54.0 Å². The van der Waals surface area contributed by atoms with Crippen molar-refractivity contribution in [1.29, 1.82) is 0 Å². The van der Waals surface area contributed by atoms with Crippen molar-refractivity contribution < 1.29 is 4.79 Å². The van der Waals surface area contributed by atoms with Crippen LogP contribution in [0.5, 0.6) is 0 Å². The van der Waals surface area contributed by atoms with Crippen LogP contribution in [0.3, 0.4) is 0 Å². The van der Waals surface area contributed by atoms with Crippen LogP contribution in [0.15, 0.2) is 40.9 Å². The number of nitrogen functional groups attached to an aromatic ring is 1. The van der Waals surface area contributed by atoms with E-state index in [1.807, 2.05) is 43.3 Å². The highest BCUT2D eigenvalue weighted by Gasteiger charge is 2.14. The standard InChI is InChI=1S/C18H20BrNO/c1-11(2)8-13-4-6-14(7-5-13)18(21)16-9-15(19)10-17(20)12(16)3/h4-7,9-11H,8,20H2,1-3H3. The SMILES string of the molecule is Cc1c(N)cc(Br)cc1C(=O)c1ccc(CC(C)C)cc1. The first-order valence-electron chi connectivity index (χ1n) is 7.07. The summed E-state index contributed by atoms with van der Waals surface area (Å²) < 4.78 is 0.824. The summed E-state index contributed by atoms with van der Waals surface area (Å²) in [6, 6.07) is 11.5. The lowest BCUT2D eigenvalue weighted by Crippen LogP contribution is -2.06. The molecule has 0 saturated heterocycles. The Bertz CT molecular complexity index is 660. The minimum absolute atomic E-state index is 0.0107. The molecule has 0 unspecified atom stereocenters. The van der Waals surface area contributed by atoms with E-state index < -0.39 is 0 Å². The molecule has 2 N–H and O–H groups in total. The fourth-order valence-corrected chi connectivity index (χ4v) is 2.83.